The molecule has 1 aliphatic heterocycles. The van der Waals surface area contributed by atoms with Gasteiger partial charge < -0.3 is 10.1 Å². The molecule has 2 aromatic rings. The van der Waals surface area contributed by atoms with Crippen molar-refractivity contribution in [2.45, 2.75) is 44.8 Å². The summed E-state index contributed by atoms with van der Waals surface area (Å²) in [5, 5.41) is 3.07. The number of rotatable bonds is 5. The standard InChI is InChI=1S/C21H24F4N2O/c1-4-11-20(15-6-8-16(22)9-7-15)17-12-14(2)5-10-18(17)26-19(28-3)27(20)13-21(23,24)25/h5-10,12,19,26H,4,11,13H2,1-3H3. The summed E-state index contributed by atoms with van der Waals surface area (Å²) in [7, 11) is 1.38. The molecule has 28 heavy (non-hydrogen) atoms. The normalized spacial score (nSPS) is 22.6. The van der Waals surface area contributed by atoms with Crippen molar-refractivity contribution in [3.63, 3.8) is 0 Å². The van der Waals surface area contributed by atoms with E-state index in [1.807, 2.05) is 32.0 Å². The Labute approximate surface area is 162 Å². The van der Waals surface area contributed by atoms with Gasteiger partial charge >= 0.3 is 6.18 Å². The Bertz CT molecular complexity index is 822. The molecule has 0 bridgehead atoms. The second-order valence-electron chi connectivity index (χ2n) is 7.14. The average molecular weight is 396 g/mol. The maximum Gasteiger partial charge on any atom is 0.401 e. The van der Waals surface area contributed by atoms with Crippen molar-refractivity contribution >= 4 is 5.69 Å². The molecular formula is C21H24F4N2O. The highest BCUT2D eigenvalue weighted by Gasteiger charge is 2.51. The second kappa shape index (κ2) is 7.72. The van der Waals surface area contributed by atoms with Crippen LogP contribution >= 0.6 is 0 Å². The monoisotopic (exact) mass is 396 g/mol. The van der Waals surface area contributed by atoms with Crippen molar-refractivity contribution in [1.29, 1.82) is 0 Å². The van der Waals surface area contributed by atoms with E-state index in [1.54, 1.807) is 12.1 Å². The molecule has 0 fully saturated rings. The molecule has 0 radical (unpaired) electrons. The van der Waals surface area contributed by atoms with Crippen molar-refractivity contribution < 1.29 is 22.3 Å². The number of nitrogens with zero attached hydrogens (tertiary/aromatic N) is 1. The van der Waals surface area contributed by atoms with Crippen LogP contribution in [0.1, 0.15) is 36.5 Å². The lowest BCUT2D eigenvalue weighted by atomic mass is 9.75. The molecular weight excluding hydrogens is 372 g/mol. The zero-order valence-electron chi connectivity index (χ0n) is 16.1. The van der Waals surface area contributed by atoms with Gasteiger partial charge in [0.15, 0.2) is 6.35 Å². The Morgan fingerprint density at radius 1 is 1.14 bits per heavy atom. The maximum absolute atomic E-state index is 13.6. The van der Waals surface area contributed by atoms with E-state index >= 15 is 0 Å². The fourth-order valence-electron chi connectivity index (χ4n) is 4.12. The van der Waals surface area contributed by atoms with Gasteiger partial charge in [0, 0.05) is 18.4 Å². The highest BCUT2D eigenvalue weighted by atomic mass is 19.4. The van der Waals surface area contributed by atoms with Crippen LogP contribution in [0.25, 0.3) is 0 Å². The van der Waals surface area contributed by atoms with E-state index in [0.29, 0.717) is 24.1 Å². The van der Waals surface area contributed by atoms with Gasteiger partial charge in [-0.15, -0.1) is 0 Å². The number of methoxy groups -OCH3 is 1. The van der Waals surface area contributed by atoms with Crippen molar-refractivity contribution in [2.75, 3.05) is 19.0 Å². The van der Waals surface area contributed by atoms with E-state index in [0.717, 1.165) is 11.1 Å². The van der Waals surface area contributed by atoms with Crippen molar-refractivity contribution in [2.24, 2.45) is 0 Å². The molecule has 1 heterocycles. The first-order valence-electron chi connectivity index (χ1n) is 9.21. The Morgan fingerprint density at radius 2 is 1.82 bits per heavy atom. The Morgan fingerprint density at radius 3 is 2.39 bits per heavy atom. The minimum Gasteiger partial charge on any atom is -0.348 e. The Hall–Kier alpha value is -2.12. The smallest absolute Gasteiger partial charge is 0.348 e. The SMILES string of the molecule is CCCC1(c2ccc(F)cc2)c2cc(C)ccc2NC(OC)N1CC(F)(F)F. The Kier molecular flexibility index (Phi) is 5.68. The number of halogens is 4. The molecule has 1 aliphatic rings. The van der Waals surface area contributed by atoms with Gasteiger partial charge in [-0.25, -0.2) is 9.29 Å². The van der Waals surface area contributed by atoms with Crippen LogP contribution in [0.15, 0.2) is 42.5 Å². The molecule has 152 valence electrons. The van der Waals surface area contributed by atoms with Gasteiger partial charge in [-0.1, -0.05) is 43.2 Å². The first-order valence-corrected chi connectivity index (χ1v) is 9.21. The van der Waals surface area contributed by atoms with E-state index in [-0.39, 0.29) is 0 Å². The molecule has 0 spiro atoms. The van der Waals surface area contributed by atoms with Crippen LogP contribution in [0, 0.1) is 12.7 Å². The molecule has 1 N–H and O–H groups in total. The predicted molar refractivity (Wildman–Crippen MR) is 100 cm³/mol. The zero-order valence-corrected chi connectivity index (χ0v) is 16.1. The number of fused-ring (bicyclic) bond motifs is 1. The largest absolute Gasteiger partial charge is 0.401 e. The molecule has 3 nitrogen and oxygen atoms in total. The number of aryl methyl sites for hydroxylation is 1. The lowest BCUT2D eigenvalue weighted by molar-refractivity contribution is -0.188. The summed E-state index contributed by atoms with van der Waals surface area (Å²) in [6, 6.07) is 11.4. The number of alkyl halides is 3. The minimum atomic E-state index is -4.43. The topological polar surface area (TPSA) is 24.5 Å². The summed E-state index contributed by atoms with van der Waals surface area (Å²) in [5.74, 6) is -0.431. The quantitative estimate of drug-likeness (QED) is 0.685. The van der Waals surface area contributed by atoms with Gasteiger partial charge in [0.1, 0.15) is 5.82 Å². The third kappa shape index (κ3) is 3.73. The van der Waals surface area contributed by atoms with E-state index in [4.69, 9.17) is 4.74 Å². The number of benzene rings is 2. The highest BCUT2D eigenvalue weighted by molar-refractivity contribution is 5.61. The van der Waals surface area contributed by atoms with Crippen molar-refractivity contribution in [1.82, 2.24) is 4.90 Å². The first kappa shape index (κ1) is 20.6. The summed E-state index contributed by atoms with van der Waals surface area (Å²) in [5.41, 5.74) is 1.89. The minimum absolute atomic E-state index is 0.423. The second-order valence-corrected chi connectivity index (χ2v) is 7.14. The Balaban J connectivity index is 2.32. The van der Waals surface area contributed by atoms with Crippen molar-refractivity contribution in [3.05, 3.63) is 65.0 Å². The molecule has 2 atom stereocenters. The van der Waals surface area contributed by atoms with Crippen LogP contribution < -0.4 is 5.32 Å². The fourth-order valence-corrected chi connectivity index (χ4v) is 4.12. The number of hydrogen-bond donors (Lipinski definition) is 1. The van der Waals surface area contributed by atoms with Crippen LogP contribution in [-0.4, -0.2) is 31.1 Å². The molecule has 7 heteroatoms. The van der Waals surface area contributed by atoms with Gasteiger partial charge in [0.05, 0.1) is 12.1 Å². The molecule has 0 saturated heterocycles. The number of nitrogens with one attached hydrogen (secondary N) is 1. The average Bonchev–Trinajstić information content (AvgIpc) is 2.63. The first-order chi connectivity index (χ1) is 13.2. The number of anilines is 1. The van der Waals surface area contributed by atoms with Gasteiger partial charge in [-0.3, -0.25) is 0 Å². The third-order valence-corrected chi connectivity index (χ3v) is 5.18. The molecule has 3 rings (SSSR count). The summed E-state index contributed by atoms with van der Waals surface area (Å²) in [4.78, 5) is 1.30. The molecule has 0 saturated carbocycles. The van der Waals surface area contributed by atoms with Gasteiger partial charge in [-0.2, -0.15) is 13.2 Å². The predicted octanol–water partition coefficient (Wildman–Crippen LogP) is 5.40. The fraction of sp³-hybridized carbons (Fsp3) is 0.429. The van der Waals surface area contributed by atoms with Crippen LogP contribution in [0.5, 0.6) is 0 Å². The molecule has 0 amide bonds. The van der Waals surface area contributed by atoms with Crippen LogP contribution in [0.4, 0.5) is 23.2 Å². The summed E-state index contributed by atoms with van der Waals surface area (Å²) in [6.07, 6.45) is -4.35. The maximum atomic E-state index is 13.6. The van der Waals surface area contributed by atoms with Crippen LogP contribution in [0.3, 0.4) is 0 Å². The van der Waals surface area contributed by atoms with E-state index in [9.17, 15) is 17.6 Å². The van der Waals surface area contributed by atoms with Gasteiger partial charge in [0.25, 0.3) is 0 Å². The summed E-state index contributed by atoms with van der Waals surface area (Å²) in [6.45, 7) is 2.66. The summed E-state index contributed by atoms with van der Waals surface area (Å²) < 4.78 is 59.8. The lowest BCUT2D eigenvalue weighted by Crippen LogP contribution is -2.61. The molecule has 2 aromatic carbocycles. The lowest BCUT2D eigenvalue weighted by Gasteiger charge is -2.52. The van der Waals surface area contributed by atoms with E-state index in [1.165, 1.54) is 24.1 Å². The highest BCUT2D eigenvalue weighted by Crippen LogP contribution is 2.48. The van der Waals surface area contributed by atoms with Gasteiger partial charge in [-0.05, 0) is 37.1 Å². The third-order valence-electron chi connectivity index (χ3n) is 5.18. The van der Waals surface area contributed by atoms with E-state index < -0.39 is 30.4 Å². The number of hydrogen-bond acceptors (Lipinski definition) is 3. The molecule has 0 aromatic heterocycles. The van der Waals surface area contributed by atoms with Crippen LogP contribution in [-0.2, 0) is 10.3 Å². The van der Waals surface area contributed by atoms with Gasteiger partial charge in [0.2, 0.25) is 0 Å². The van der Waals surface area contributed by atoms with Crippen molar-refractivity contribution in [3.8, 4) is 0 Å². The van der Waals surface area contributed by atoms with E-state index in [2.05, 4.69) is 5.32 Å². The molecule has 0 aliphatic carbocycles. The number of ether oxygens (including phenoxy) is 1. The molecule has 2 unspecified atom stereocenters. The van der Waals surface area contributed by atoms with Crippen LogP contribution in [0.2, 0.25) is 0 Å². The summed E-state index contributed by atoms with van der Waals surface area (Å²) >= 11 is 0. The zero-order chi connectivity index (χ0) is 20.5.